The quantitative estimate of drug-likeness (QED) is 0.860. The zero-order chi connectivity index (χ0) is 17.4. The van der Waals surface area contributed by atoms with Crippen LogP contribution in [0.3, 0.4) is 0 Å². The molecule has 0 bridgehead atoms. The molecule has 0 unspecified atom stereocenters. The van der Waals surface area contributed by atoms with E-state index in [2.05, 4.69) is 5.32 Å². The second-order valence-electron chi connectivity index (χ2n) is 4.44. The van der Waals surface area contributed by atoms with E-state index < -0.39 is 17.8 Å². The van der Waals surface area contributed by atoms with Gasteiger partial charge < -0.3 is 10.2 Å². The van der Waals surface area contributed by atoms with E-state index in [1.165, 1.54) is 24.3 Å². The average Bonchev–Trinajstić information content (AvgIpc) is 2.89. The fraction of sp³-hybridized carbons (Fsp3) is 0.375. The molecule has 0 spiro atoms. The molecule has 7 heteroatoms. The molecule has 1 N–H and O–H groups in total. The highest BCUT2D eigenvalue weighted by Crippen LogP contribution is 2.15. The first-order valence-electron chi connectivity index (χ1n) is 7.49. The van der Waals surface area contributed by atoms with Crippen molar-refractivity contribution in [2.45, 2.75) is 40.0 Å². The maximum atomic E-state index is 11.8. The van der Waals surface area contributed by atoms with Crippen molar-refractivity contribution < 1.29 is 25.4 Å². The first-order valence-corrected chi connectivity index (χ1v) is 7.49. The molecule has 1 aromatic rings. The molecule has 1 heterocycles. The number of imide groups is 1. The minimum atomic E-state index is -0.799. The number of nitrogens with one attached hydrogen (secondary N) is 1. The van der Waals surface area contributed by atoms with Crippen LogP contribution >= 0.6 is 0 Å². The van der Waals surface area contributed by atoms with Crippen LogP contribution in [0, 0.1) is 0 Å². The fourth-order valence-corrected chi connectivity index (χ4v) is 1.73. The summed E-state index contributed by atoms with van der Waals surface area (Å²) in [5, 5.41) is 3.13. The zero-order valence-electron chi connectivity index (χ0n) is 13.4. The van der Waals surface area contributed by atoms with Gasteiger partial charge in [0, 0.05) is 26.4 Å². The first kappa shape index (κ1) is 18.3. The Morgan fingerprint density at radius 3 is 2.13 bits per heavy atom. The number of carbonyl (C=O) groups excluding carboxylic acids is 4. The van der Waals surface area contributed by atoms with Crippen LogP contribution in [-0.2, 0) is 19.2 Å². The van der Waals surface area contributed by atoms with Gasteiger partial charge in [-0.05, 0) is 24.3 Å². The maximum absolute atomic E-state index is 11.8. The minimum absolute atomic E-state index is 0. The smallest absolute Gasteiger partial charge is 0.326 e. The van der Waals surface area contributed by atoms with Crippen molar-refractivity contribution in [3.63, 3.8) is 0 Å². The van der Waals surface area contributed by atoms with Crippen LogP contribution < -0.4 is 5.32 Å². The standard InChI is InChI=1S/C14H14N2O5.C2H6.H2/c1-2-11(17)15-10-5-3-9(4-6-10)14(20)21-16-12(18)7-8-13(16)19;1-2;/h3-6H,2,7-8H2,1H3,(H,15,17);1-2H3;1H. The molecule has 1 saturated heterocycles. The highest BCUT2D eigenvalue weighted by atomic mass is 16.7. The third-order valence-corrected chi connectivity index (χ3v) is 2.91. The lowest BCUT2D eigenvalue weighted by Crippen LogP contribution is -2.32. The summed E-state index contributed by atoms with van der Waals surface area (Å²) in [5.41, 5.74) is 0.726. The van der Waals surface area contributed by atoms with E-state index in [1.54, 1.807) is 6.92 Å². The van der Waals surface area contributed by atoms with Gasteiger partial charge in [0.1, 0.15) is 0 Å². The molecule has 3 amide bonds. The molecule has 2 rings (SSSR count). The van der Waals surface area contributed by atoms with Gasteiger partial charge in [-0.25, -0.2) is 4.79 Å². The molecule has 7 nitrogen and oxygen atoms in total. The number of rotatable bonds is 4. The van der Waals surface area contributed by atoms with Crippen molar-refractivity contribution >= 4 is 29.4 Å². The molecule has 23 heavy (non-hydrogen) atoms. The molecule has 1 aliphatic heterocycles. The fourth-order valence-electron chi connectivity index (χ4n) is 1.73. The number of anilines is 1. The lowest BCUT2D eigenvalue weighted by atomic mass is 10.2. The van der Waals surface area contributed by atoms with E-state index in [9.17, 15) is 19.2 Å². The van der Waals surface area contributed by atoms with Crippen LogP contribution in [0.5, 0.6) is 0 Å². The highest BCUT2D eigenvalue weighted by molar-refractivity contribution is 6.02. The molecule has 0 radical (unpaired) electrons. The third-order valence-electron chi connectivity index (χ3n) is 2.91. The van der Waals surface area contributed by atoms with Gasteiger partial charge in [-0.15, -0.1) is 5.06 Å². The molecule has 1 aromatic carbocycles. The molecule has 1 aliphatic rings. The summed E-state index contributed by atoms with van der Waals surface area (Å²) in [5.74, 6) is -1.99. The minimum Gasteiger partial charge on any atom is -0.326 e. The van der Waals surface area contributed by atoms with Gasteiger partial charge in [0.25, 0.3) is 11.8 Å². The molecule has 0 saturated carbocycles. The van der Waals surface area contributed by atoms with Crippen molar-refractivity contribution in [2.75, 3.05) is 5.32 Å². The summed E-state index contributed by atoms with van der Waals surface area (Å²) in [7, 11) is 0. The Kier molecular flexibility index (Phi) is 6.92. The molecule has 1 fully saturated rings. The normalized spacial score (nSPS) is 13.3. The van der Waals surface area contributed by atoms with Gasteiger partial charge in [-0.1, -0.05) is 20.8 Å². The van der Waals surface area contributed by atoms with Crippen LogP contribution in [0.1, 0.15) is 51.8 Å². The van der Waals surface area contributed by atoms with E-state index in [0.29, 0.717) is 17.2 Å². The number of hydroxylamine groups is 2. The molecule has 0 aliphatic carbocycles. The molecule has 0 aromatic heterocycles. The average molecular weight is 322 g/mol. The van der Waals surface area contributed by atoms with E-state index in [4.69, 9.17) is 4.84 Å². The summed E-state index contributed by atoms with van der Waals surface area (Å²) < 4.78 is 0. The van der Waals surface area contributed by atoms with Crippen molar-refractivity contribution in [1.82, 2.24) is 5.06 Å². The van der Waals surface area contributed by atoms with Crippen LogP contribution in [0.25, 0.3) is 0 Å². The lowest BCUT2D eigenvalue weighted by molar-refractivity contribution is -0.172. The topological polar surface area (TPSA) is 92.8 Å². The molecule has 0 atom stereocenters. The Hall–Kier alpha value is -2.70. The van der Waals surface area contributed by atoms with E-state index in [-0.39, 0.29) is 25.7 Å². The Bertz CT molecular complexity index is 585. The van der Waals surface area contributed by atoms with Gasteiger partial charge in [-0.2, -0.15) is 0 Å². The van der Waals surface area contributed by atoms with E-state index in [0.717, 1.165) is 0 Å². The van der Waals surface area contributed by atoms with E-state index in [1.807, 2.05) is 13.8 Å². The number of benzene rings is 1. The Balaban J connectivity index is 0.00000170. The SMILES string of the molecule is CC.CCC(=O)Nc1ccc(C(=O)ON2C(=O)CCC2=O)cc1.[HH]. The van der Waals surface area contributed by atoms with Crippen molar-refractivity contribution in [1.29, 1.82) is 0 Å². The van der Waals surface area contributed by atoms with Gasteiger partial charge in [0.15, 0.2) is 0 Å². The van der Waals surface area contributed by atoms with Gasteiger partial charge in [0.05, 0.1) is 5.56 Å². The summed E-state index contributed by atoms with van der Waals surface area (Å²) in [6.45, 7) is 5.73. The van der Waals surface area contributed by atoms with Gasteiger partial charge in [-0.3, -0.25) is 14.4 Å². The molecule has 126 valence electrons. The summed E-state index contributed by atoms with van der Waals surface area (Å²) in [6.07, 6.45) is 0.450. The van der Waals surface area contributed by atoms with Crippen LogP contribution in [0.15, 0.2) is 24.3 Å². The summed E-state index contributed by atoms with van der Waals surface area (Å²) in [4.78, 5) is 50.5. The second-order valence-corrected chi connectivity index (χ2v) is 4.44. The maximum Gasteiger partial charge on any atom is 0.363 e. The second kappa shape index (κ2) is 8.67. The van der Waals surface area contributed by atoms with Crippen molar-refractivity contribution in [3.8, 4) is 0 Å². The third kappa shape index (κ3) is 4.91. The van der Waals surface area contributed by atoms with Crippen molar-refractivity contribution in [3.05, 3.63) is 29.8 Å². The number of amides is 3. The highest BCUT2D eigenvalue weighted by Gasteiger charge is 2.33. The summed E-state index contributed by atoms with van der Waals surface area (Å²) >= 11 is 0. The number of carbonyl (C=O) groups is 4. The van der Waals surface area contributed by atoms with Crippen molar-refractivity contribution in [2.24, 2.45) is 0 Å². The Labute approximate surface area is 136 Å². The molecular weight excluding hydrogens is 300 g/mol. The monoisotopic (exact) mass is 322 g/mol. The van der Waals surface area contributed by atoms with Crippen LogP contribution in [-0.4, -0.2) is 28.8 Å². The Morgan fingerprint density at radius 1 is 1.13 bits per heavy atom. The lowest BCUT2D eigenvalue weighted by Gasteiger charge is -2.12. The largest absolute Gasteiger partial charge is 0.363 e. The number of nitrogens with zero attached hydrogens (tertiary/aromatic N) is 1. The van der Waals surface area contributed by atoms with Crippen LogP contribution in [0.4, 0.5) is 5.69 Å². The predicted molar refractivity (Wildman–Crippen MR) is 85.3 cm³/mol. The number of hydrogen-bond acceptors (Lipinski definition) is 5. The van der Waals surface area contributed by atoms with Gasteiger partial charge >= 0.3 is 5.97 Å². The zero-order valence-corrected chi connectivity index (χ0v) is 13.4. The first-order chi connectivity index (χ1) is 11.0. The molecular formula is C16H22N2O5. The Morgan fingerprint density at radius 2 is 1.65 bits per heavy atom. The predicted octanol–water partition coefficient (Wildman–Crippen LogP) is 2.53. The van der Waals surface area contributed by atoms with Crippen LogP contribution in [0.2, 0.25) is 0 Å². The summed E-state index contributed by atoms with van der Waals surface area (Å²) in [6, 6.07) is 5.97. The van der Waals surface area contributed by atoms with Gasteiger partial charge in [0.2, 0.25) is 5.91 Å². The number of hydrogen-bond donors (Lipinski definition) is 1. The van der Waals surface area contributed by atoms with E-state index >= 15 is 0 Å².